The number of carbonyl (C=O) groups excluding carboxylic acids is 3. The minimum atomic E-state index is -4.69. The second kappa shape index (κ2) is 4.58. The van der Waals surface area contributed by atoms with E-state index in [1.807, 2.05) is 0 Å². The minimum absolute atomic E-state index is 0.0375. The molecule has 1 aliphatic heterocycles. The Morgan fingerprint density at radius 2 is 1.67 bits per heavy atom. The van der Waals surface area contributed by atoms with Gasteiger partial charge in [0.05, 0.1) is 0 Å². The summed E-state index contributed by atoms with van der Waals surface area (Å²) < 4.78 is 36.9. The highest BCUT2D eigenvalue weighted by atomic mass is 19.4. The summed E-state index contributed by atoms with van der Waals surface area (Å²) in [6, 6.07) is -1.32. The molecule has 0 spiro atoms. The Morgan fingerprint density at radius 1 is 1.17 bits per heavy atom. The topological polar surface area (TPSA) is 66.5 Å². The number of urea groups is 1. The fourth-order valence-electron chi connectivity index (χ4n) is 1.93. The van der Waals surface area contributed by atoms with Gasteiger partial charge >= 0.3 is 12.2 Å². The monoisotopic (exact) mass is 266 g/mol. The Balaban J connectivity index is 3.10. The van der Waals surface area contributed by atoms with E-state index in [0.717, 1.165) is 0 Å². The van der Waals surface area contributed by atoms with Gasteiger partial charge in [-0.3, -0.25) is 19.8 Å². The molecule has 4 amide bonds. The molecule has 0 saturated carbocycles. The van der Waals surface area contributed by atoms with E-state index in [1.54, 1.807) is 5.32 Å². The first-order valence-electron chi connectivity index (χ1n) is 5.42. The summed E-state index contributed by atoms with van der Waals surface area (Å²) in [6.07, 6.45) is -4.62. The number of carbonyl (C=O) groups is 3. The molecule has 0 aromatic rings. The third kappa shape index (κ3) is 2.32. The molecule has 5 nitrogen and oxygen atoms in total. The van der Waals surface area contributed by atoms with Gasteiger partial charge in [0.2, 0.25) is 11.8 Å². The average molecular weight is 266 g/mol. The van der Waals surface area contributed by atoms with Crippen molar-refractivity contribution in [2.24, 2.45) is 5.41 Å². The highest BCUT2D eigenvalue weighted by Gasteiger charge is 2.53. The van der Waals surface area contributed by atoms with Gasteiger partial charge < -0.3 is 0 Å². The second-order valence-corrected chi connectivity index (χ2v) is 4.05. The van der Waals surface area contributed by atoms with E-state index in [-0.39, 0.29) is 17.7 Å². The van der Waals surface area contributed by atoms with Crippen LogP contribution in [0.1, 0.15) is 26.7 Å². The number of hydrogen-bond donors (Lipinski definition) is 1. The maximum atomic E-state index is 12.3. The van der Waals surface area contributed by atoms with E-state index < -0.39 is 36.0 Å². The van der Waals surface area contributed by atoms with Gasteiger partial charge in [-0.1, -0.05) is 13.8 Å². The van der Waals surface area contributed by atoms with Crippen molar-refractivity contribution < 1.29 is 27.6 Å². The number of imide groups is 2. The van der Waals surface area contributed by atoms with E-state index >= 15 is 0 Å². The SMILES string of the molecule is CCC1(CC)C(=O)NC(=O)N(CC(F)(F)F)C1=O. The number of barbiturate groups is 1. The van der Waals surface area contributed by atoms with Crippen molar-refractivity contribution in [2.45, 2.75) is 32.9 Å². The number of rotatable bonds is 3. The molecule has 1 fully saturated rings. The quantitative estimate of drug-likeness (QED) is 0.786. The van der Waals surface area contributed by atoms with Crippen LogP contribution < -0.4 is 5.32 Å². The standard InChI is InChI=1S/C10H13F3N2O3/c1-3-9(4-2)6(16)14-8(18)15(7(9)17)5-10(11,12)13/h3-5H2,1-2H3,(H,14,16,18). The van der Waals surface area contributed by atoms with Gasteiger partial charge in [-0.25, -0.2) is 4.79 Å². The van der Waals surface area contributed by atoms with Crippen LogP contribution in [0.3, 0.4) is 0 Å². The highest BCUT2D eigenvalue weighted by Crippen LogP contribution is 2.33. The van der Waals surface area contributed by atoms with Gasteiger partial charge in [-0.05, 0) is 12.8 Å². The molecule has 102 valence electrons. The number of alkyl halides is 3. The van der Waals surface area contributed by atoms with Crippen LogP contribution in [0.4, 0.5) is 18.0 Å². The molecule has 1 saturated heterocycles. The first kappa shape index (κ1) is 14.5. The van der Waals surface area contributed by atoms with Gasteiger partial charge in [0, 0.05) is 0 Å². The van der Waals surface area contributed by atoms with Gasteiger partial charge in [-0.15, -0.1) is 0 Å². The van der Waals surface area contributed by atoms with Crippen LogP contribution in [0.2, 0.25) is 0 Å². The van der Waals surface area contributed by atoms with E-state index in [9.17, 15) is 27.6 Å². The first-order chi connectivity index (χ1) is 8.18. The Kier molecular flexibility index (Phi) is 3.68. The molecule has 8 heteroatoms. The molecular formula is C10H13F3N2O3. The molecule has 0 bridgehead atoms. The molecule has 0 aliphatic carbocycles. The van der Waals surface area contributed by atoms with Crippen LogP contribution in [0.25, 0.3) is 0 Å². The molecule has 0 aromatic heterocycles. The fourth-order valence-corrected chi connectivity index (χ4v) is 1.93. The van der Waals surface area contributed by atoms with Crippen LogP contribution in [0, 0.1) is 5.41 Å². The number of amides is 4. The lowest BCUT2D eigenvalue weighted by Crippen LogP contribution is -2.64. The van der Waals surface area contributed by atoms with Crippen molar-refractivity contribution in [1.29, 1.82) is 0 Å². The smallest absolute Gasteiger partial charge is 0.277 e. The Morgan fingerprint density at radius 3 is 2.06 bits per heavy atom. The maximum Gasteiger partial charge on any atom is 0.406 e. The summed E-state index contributed by atoms with van der Waals surface area (Å²) in [5.74, 6) is -1.92. The number of nitrogens with zero attached hydrogens (tertiary/aromatic N) is 1. The Bertz CT molecular complexity index is 388. The van der Waals surface area contributed by atoms with Crippen molar-refractivity contribution in [1.82, 2.24) is 10.2 Å². The minimum Gasteiger partial charge on any atom is -0.277 e. The lowest BCUT2D eigenvalue weighted by Gasteiger charge is -2.38. The molecule has 1 N–H and O–H groups in total. The first-order valence-corrected chi connectivity index (χ1v) is 5.42. The van der Waals surface area contributed by atoms with E-state index in [1.165, 1.54) is 13.8 Å². The molecule has 1 aliphatic rings. The number of hydrogen-bond acceptors (Lipinski definition) is 3. The van der Waals surface area contributed by atoms with Gasteiger partial charge in [-0.2, -0.15) is 13.2 Å². The second-order valence-electron chi connectivity index (χ2n) is 4.05. The summed E-state index contributed by atoms with van der Waals surface area (Å²) in [4.78, 5) is 34.9. The molecule has 18 heavy (non-hydrogen) atoms. The van der Waals surface area contributed by atoms with E-state index in [2.05, 4.69) is 0 Å². The summed E-state index contributed by atoms with van der Waals surface area (Å²) >= 11 is 0. The van der Waals surface area contributed by atoms with Gasteiger partial charge in [0.15, 0.2) is 0 Å². The van der Waals surface area contributed by atoms with Crippen LogP contribution in [-0.2, 0) is 9.59 Å². The molecule has 0 atom stereocenters. The van der Waals surface area contributed by atoms with E-state index in [0.29, 0.717) is 0 Å². The molecule has 1 rings (SSSR count). The van der Waals surface area contributed by atoms with Crippen molar-refractivity contribution >= 4 is 17.8 Å². The molecule has 0 radical (unpaired) electrons. The summed E-state index contributed by atoms with van der Waals surface area (Å²) in [5, 5.41) is 1.80. The molecule has 1 heterocycles. The van der Waals surface area contributed by atoms with Crippen molar-refractivity contribution in [3.8, 4) is 0 Å². The third-order valence-corrected chi connectivity index (χ3v) is 3.10. The van der Waals surface area contributed by atoms with Crippen LogP contribution in [-0.4, -0.2) is 35.5 Å². The van der Waals surface area contributed by atoms with E-state index in [4.69, 9.17) is 0 Å². The third-order valence-electron chi connectivity index (χ3n) is 3.10. The van der Waals surface area contributed by atoms with Gasteiger partial charge in [0.1, 0.15) is 12.0 Å². The lowest BCUT2D eigenvalue weighted by atomic mass is 9.78. The zero-order chi connectivity index (χ0) is 14.1. The predicted octanol–water partition coefficient (Wildman–Crippen LogP) is 1.43. The van der Waals surface area contributed by atoms with Crippen molar-refractivity contribution in [3.05, 3.63) is 0 Å². The largest absolute Gasteiger partial charge is 0.406 e. The zero-order valence-electron chi connectivity index (χ0n) is 9.93. The Hall–Kier alpha value is -1.60. The molecular weight excluding hydrogens is 253 g/mol. The highest BCUT2D eigenvalue weighted by molar-refractivity contribution is 6.19. The number of halogens is 3. The Labute approximate surface area is 101 Å². The maximum absolute atomic E-state index is 12.3. The molecule has 0 unspecified atom stereocenters. The summed E-state index contributed by atoms with van der Waals surface area (Å²) in [5.41, 5.74) is -1.58. The number of nitrogens with one attached hydrogen (secondary N) is 1. The van der Waals surface area contributed by atoms with Crippen LogP contribution in [0.5, 0.6) is 0 Å². The molecule has 0 aromatic carbocycles. The van der Waals surface area contributed by atoms with Crippen LogP contribution in [0.15, 0.2) is 0 Å². The average Bonchev–Trinajstić information content (AvgIpc) is 2.25. The van der Waals surface area contributed by atoms with Gasteiger partial charge in [0.25, 0.3) is 0 Å². The summed E-state index contributed by atoms with van der Waals surface area (Å²) in [7, 11) is 0. The zero-order valence-corrected chi connectivity index (χ0v) is 9.93. The van der Waals surface area contributed by atoms with Crippen molar-refractivity contribution in [2.75, 3.05) is 6.54 Å². The van der Waals surface area contributed by atoms with Crippen LogP contribution >= 0.6 is 0 Å². The van der Waals surface area contributed by atoms with Crippen molar-refractivity contribution in [3.63, 3.8) is 0 Å². The summed E-state index contributed by atoms with van der Waals surface area (Å²) in [6.45, 7) is 1.35. The normalized spacial score (nSPS) is 20.1. The predicted molar refractivity (Wildman–Crippen MR) is 54.3 cm³/mol. The lowest BCUT2D eigenvalue weighted by molar-refractivity contribution is -0.168. The fraction of sp³-hybridized carbons (Fsp3) is 0.700.